The summed E-state index contributed by atoms with van der Waals surface area (Å²) in [6.07, 6.45) is 3.50. The van der Waals surface area contributed by atoms with Gasteiger partial charge in [0, 0.05) is 31.5 Å². The molecule has 110 valence electrons. The van der Waals surface area contributed by atoms with Crippen molar-refractivity contribution in [2.45, 2.75) is 51.6 Å². The Balaban J connectivity index is 2.95. The van der Waals surface area contributed by atoms with Crippen molar-refractivity contribution in [3.05, 3.63) is 18.0 Å². The van der Waals surface area contributed by atoms with Gasteiger partial charge in [-0.2, -0.15) is 0 Å². The van der Waals surface area contributed by atoms with Gasteiger partial charge >= 0.3 is 0 Å². The van der Waals surface area contributed by atoms with E-state index in [1.165, 1.54) is 0 Å². The zero-order valence-corrected chi connectivity index (χ0v) is 12.9. The second-order valence-corrected chi connectivity index (χ2v) is 6.31. The molecule has 0 spiro atoms. The summed E-state index contributed by atoms with van der Waals surface area (Å²) < 4.78 is 28.8. The van der Waals surface area contributed by atoms with Gasteiger partial charge in [-0.1, -0.05) is 20.8 Å². The van der Waals surface area contributed by atoms with Crippen LogP contribution in [0, 0.1) is 0 Å². The highest BCUT2D eigenvalue weighted by molar-refractivity contribution is 7.89. The molecule has 19 heavy (non-hydrogen) atoms. The molecule has 2 N–H and O–H groups in total. The number of nitrogens with zero attached hydrogens (tertiary/aromatic N) is 1. The Morgan fingerprint density at radius 2 is 1.95 bits per heavy atom. The fraction of sp³-hybridized carbons (Fsp3) is 0.692. The van der Waals surface area contributed by atoms with Crippen molar-refractivity contribution in [3.8, 4) is 0 Å². The minimum atomic E-state index is -3.37. The molecule has 1 heterocycles. The summed E-state index contributed by atoms with van der Waals surface area (Å²) >= 11 is 0. The van der Waals surface area contributed by atoms with E-state index in [9.17, 15) is 8.42 Å². The van der Waals surface area contributed by atoms with Crippen molar-refractivity contribution in [2.24, 2.45) is 0 Å². The largest absolute Gasteiger partial charge is 0.349 e. The summed E-state index contributed by atoms with van der Waals surface area (Å²) in [4.78, 5) is 0.363. The topological polar surface area (TPSA) is 63.1 Å². The van der Waals surface area contributed by atoms with Crippen LogP contribution in [-0.4, -0.2) is 26.1 Å². The van der Waals surface area contributed by atoms with Crippen molar-refractivity contribution in [1.29, 1.82) is 0 Å². The Labute approximate surface area is 116 Å². The smallest absolute Gasteiger partial charge is 0.242 e. The standard InChI is InChI=1S/C13H25N3O2S/c1-4-7-15-19(17,18)13-9-12(10-14-6-3)16(11-13)8-5-2/h9,11,14-15H,4-8,10H2,1-3H3. The zero-order chi connectivity index (χ0) is 14.3. The van der Waals surface area contributed by atoms with Gasteiger partial charge < -0.3 is 9.88 Å². The first kappa shape index (κ1) is 16.2. The molecule has 0 atom stereocenters. The maximum atomic E-state index is 12.1. The first-order chi connectivity index (χ1) is 9.05. The van der Waals surface area contributed by atoms with E-state index in [4.69, 9.17) is 0 Å². The first-order valence-corrected chi connectivity index (χ1v) is 8.42. The number of aromatic nitrogens is 1. The van der Waals surface area contributed by atoms with Crippen LogP contribution >= 0.6 is 0 Å². The van der Waals surface area contributed by atoms with Crippen LogP contribution in [0.4, 0.5) is 0 Å². The first-order valence-electron chi connectivity index (χ1n) is 6.94. The summed E-state index contributed by atoms with van der Waals surface area (Å²) in [5.74, 6) is 0. The van der Waals surface area contributed by atoms with Crippen molar-refractivity contribution in [1.82, 2.24) is 14.6 Å². The molecule has 0 aliphatic rings. The molecule has 0 radical (unpaired) electrons. The van der Waals surface area contributed by atoms with Crippen molar-refractivity contribution in [3.63, 3.8) is 0 Å². The lowest BCUT2D eigenvalue weighted by Crippen LogP contribution is -2.24. The molecule has 6 heteroatoms. The monoisotopic (exact) mass is 287 g/mol. The Morgan fingerprint density at radius 1 is 1.21 bits per heavy atom. The predicted molar refractivity (Wildman–Crippen MR) is 77.6 cm³/mol. The molecule has 0 amide bonds. The third-order valence-electron chi connectivity index (χ3n) is 2.83. The second kappa shape index (κ2) is 7.67. The maximum Gasteiger partial charge on any atom is 0.242 e. The van der Waals surface area contributed by atoms with Crippen molar-refractivity contribution in [2.75, 3.05) is 13.1 Å². The van der Waals surface area contributed by atoms with Gasteiger partial charge in [0.05, 0.1) is 4.90 Å². The van der Waals surface area contributed by atoms with Gasteiger partial charge in [-0.25, -0.2) is 13.1 Å². The van der Waals surface area contributed by atoms with Gasteiger partial charge in [0.15, 0.2) is 0 Å². The molecule has 0 bridgehead atoms. The van der Waals surface area contributed by atoms with E-state index in [-0.39, 0.29) is 0 Å². The number of hydrogen-bond donors (Lipinski definition) is 2. The van der Waals surface area contributed by atoms with E-state index in [0.29, 0.717) is 18.0 Å². The summed E-state index contributed by atoms with van der Waals surface area (Å²) in [6, 6.07) is 1.76. The quantitative estimate of drug-likeness (QED) is 0.726. The van der Waals surface area contributed by atoms with Gasteiger partial charge in [-0.15, -0.1) is 0 Å². The van der Waals surface area contributed by atoms with Crippen LogP contribution in [0.25, 0.3) is 0 Å². The number of hydrogen-bond acceptors (Lipinski definition) is 3. The third-order valence-corrected chi connectivity index (χ3v) is 4.26. The Bertz CT molecular complexity index is 480. The molecule has 0 fully saturated rings. The molecular formula is C13H25N3O2S. The molecule has 5 nitrogen and oxygen atoms in total. The summed E-state index contributed by atoms with van der Waals surface area (Å²) in [5, 5.41) is 3.24. The third kappa shape index (κ3) is 4.63. The molecule has 0 saturated heterocycles. The van der Waals surface area contributed by atoms with Gasteiger partial charge in [0.25, 0.3) is 0 Å². The molecule has 0 unspecified atom stereocenters. The lowest BCUT2D eigenvalue weighted by atomic mass is 10.4. The molecule has 1 rings (SSSR count). The van der Waals surface area contributed by atoms with E-state index >= 15 is 0 Å². The van der Waals surface area contributed by atoms with Gasteiger partial charge in [-0.3, -0.25) is 0 Å². The Hall–Kier alpha value is -0.850. The fourth-order valence-corrected chi connectivity index (χ4v) is 3.04. The summed E-state index contributed by atoms with van der Waals surface area (Å²) in [5.41, 5.74) is 1.01. The van der Waals surface area contributed by atoms with E-state index < -0.39 is 10.0 Å². The average molecular weight is 287 g/mol. The molecular weight excluding hydrogens is 262 g/mol. The van der Waals surface area contributed by atoms with Crippen LogP contribution in [-0.2, 0) is 23.1 Å². The summed E-state index contributed by atoms with van der Waals surface area (Å²) in [6.45, 7) is 8.94. The number of nitrogens with one attached hydrogen (secondary N) is 2. The maximum absolute atomic E-state index is 12.1. The SMILES string of the molecule is CCCNS(=O)(=O)c1cc(CNCC)n(CCC)c1. The van der Waals surface area contributed by atoms with Gasteiger partial charge in [-0.05, 0) is 25.5 Å². The highest BCUT2D eigenvalue weighted by Crippen LogP contribution is 2.15. The molecule has 1 aromatic heterocycles. The molecule has 0 aliphatic heterocycles. The minimum absolute atomic E-state index is 0.363. The summed E-state index contributed by atoms with van der Waals surface area (Å²) in [7, 11) is -3.37. The van der Waals surface area contributed by atoms with Crippen molar-refractivity contribution >= 4 is 10.0 Å². The van der Waals surface area contributed by atoms with Crippen LogP contribution in [0.2, 0.25) is 0 Å². The van der Waals surface area contributed by atoms with Crippen LogP contribution < -0.4 is 10.0 Å². The van der Waals surface area contributed by atoms with Crippen molar-refractivity contribution < 1.29 is 8.42 Å². The fourth-order valence-electron chi connectivity index (χ4n) is 1.84. The number of sulfonamides is 1. The highest BCUT2D eigenvalue weighted by Gasteiger charge is 2.17. The van der Waals surface area contributed by atoms with Crippen LogP contribution in [0.15, 0.2) is 17.2 Å². The van der Waals surface area contributed by atoms with Gasteiger partial charge in [0.1, 0.15) is 0 Å². The Morgan fingerprint density at radius 3 is 2.53 bits per heavy atom. The molecule has 0 aromatic carbocycles. The Kier molecular flexibility index (Phi) is 6.54. The van der Waals surface area contributed by atoms with Crippen LogP contribution in [0.3, 0.4) is 0 Å². The van der Waals surface area contributed by atoms with Crippen LogP contribution in [0.1, 0.15) is 39.3 Å². The number of rotatable bonds is 9. The average Bonchev–Trinajstić information content (AvgIpc) is 2.78. The normalized spacial score (nSPS) is 11.9. The van der Waals surface area contributed by atoms with E-state index in [1.807, 2.05) is 18.4 Å². The highest BCUT2D eigenvalue weighted by atomic mass is 32.2. The zero-order valence-electron chi connectivity index (χ0n) is 12.1. The lowest BCUT2D eigenvalue weighted by Gasteiger charge is -2.07. The molecule has 0 saturated carbocycles. The minimum Gasteiger partial charge on any atom is -0.349 e. The van der Waals surface area contributed by atoms with Crippen LogP contribution in [0.5, 0.6) is 0 Å². The lowest BCUT2D eigenvalue weighted by molar-refractivity contribution is 0.579. The molecule has 0 aliphatic carbocycles. The van der Waals surface area contributed by atoms with E-state index in [0.717, 1.165) is 31.6 Å². The molecule has 1 aromatic rings. The van der Waals surface area contributed by atoms with Gasteiger partial charge in [0.2, 0.25) is 10.0 Å². The van der Waals surface area contributed by atoms with E-state index in [1.54, 1.807) is 12.3 Å². The predicted octanol–water partition coefficient (Wildman–Crippen LogP) is 1.70. The number of aryl methyl sites for hydroxylation is 1. The van der Waals surface area contributed by atoms with E-state index in [2.05, 4.69) is 17.0 Å². The second-order valence-electron chi connectivity index (χ2n) is 4.54.